The molecule has 4 N–H and O–H groups in total. The minimum atomic E-state index is -0.451. The Morgan fingerprint density at radius 1 is 1.00 bits per heavy atom. The number of aryl methyl sites for hydroxylation is 1. The van der Waals surface area contributed by atoms with Crippen molar-refractivity contribution in [3.05, 3.63) is 53.1 Å². The molecule has 0 spiro atoms. The normalized spacial score (nSPS) is 10.3. The number of hydrogen-bond donors (Lipinski definition) is 2. The van der Waals surface area contributed by atoms with E-state index in [4.69, 9.17) is 11.5 Å². The van der Waals surface area contributed by atoms with Gasteiger partial charge in [0.15, 0.2) is 0 Å². The summed E-state index contributed by atoms with van der Waals surface area (Å²) in [5, 5.41) is 0. The molecule has 92 valence electrons. The van der Waals surface area contributed by atoms with Crippen molar-refractivity contribution < 1.29 is 4.79 Å². The molecular formula is C15H16N2O. The van der Waals surface area contributed by atoms with E-state index in [9.17, 15) is 4.79 Å². The van der Waals surface area contributed by atoms with E-state index in [0.29, 0.717) is 11.3 Å². The molecule has 0 saturated heterocycles. The number of rotatable bonds is 2. The fourth-order valence-electron chi connectivity index (χ4n) is 1.91. The van der Waals surface area contributed by atoms with Gasteiger partial charge in [0.1, 0.15) is 0 Å². The van der Waals surface area contributed by atoms with Gasteiger partial charge in [-0.05, 0) is 42.7 Å². The highest BCUT2D eigenvalue weighted by molar-refractivity contribution is 5.97. The standard InChI is InChI=1S/C15H16N2O/c1-9-3-5-11(6-4-9)12-7-13(15(17)18)10(2)14(16)8-12/h3-8H,16H2,1-2H3,(H2,17,18). The van der Waals surface area contributed by atoms with Gasteiger partial charge in [-0.15, -0.1) is 0 Å². The fourth-order valence-corrected chi connectivity index (χ4v) is 1.91. The zero-order valence-electron chi connectivity index (χ0n) is 10.5. The zero-order valence-corrected chi connectivity index (χ0v) is 10.5. The van der Waals surface area contributed by atoms with Crippen LogP contribution in [0.15, 0.2) is 36.4 Å². The molecular weight excluding hydrogens is 224 g/mol. The third-order valence-corrected chi connectivity index (χ3v) is 3.10. The van der Waals surface area contributed by atoms with E-state index < -0.39 is 5.91 Å². The van der Waals surface area contributed by atoms with Crippen molar-refractivity contribution in [3.8, 4) is 11.1 Å². The number of primary amides is 1. The van der Waals surface area contributed by atoms with Crippen LogP contribution in [0.25, 0.3) is 11.1 Å². The van der Waals surface area contributed by atoms with E-state index in [-0.39, 0.29) is 0 Å². The lowest BCUT2D eigenvalue weighted by molar-refractivity contribution is 0.1000. The van der Waals surface area contributed by atoms with Crippen molar-refractivity contribution >= 4 is 11.6 Å². The van der Waals surface area contributed by atoms with Gasteiger partial charge in [-0.1, -0.05) is 29.8 Å². The van der Waals surface area contributed by atoms with E-state index in [0.717, 1.165) is 16.7 Å². The quantitative estimate of drug-likeness (QED) is 0.792. The first-order valence-electron chi connectivity index (χ1n) is 5.76. The van der Waals surface area contributed by atoms with Crippen LogP contribution in [0.4, 0.5) is 5.69 Å². The molecule has 0 bridgehead atoms. The molecule has 0 aliphatic rings. The largest absolute Gasteiger partial charge is 0.398 e. The Bertz CT molecular complexity index is 601. The monoisotopic (exact) mass is 240 g/mol. The van der Waals surface area contributed by atoms with Gasteiger partial charge in [0.2, 0.25) is 5.91 Å². The molecule has 2 rings (SSSR count). The number of amides is 1. The van der Waals surface area contributed by atoms with E-state index in [1.807, 2.05) is 37.3 Å². The molecule has 2 aromatic carbocycles. The summed E-state index contributed by atoms with van der Waals surface area (Å²) in [7, 11) is 0. The fraction of sp³-hybridized carbons (Fsp3) is 0.133. The van der Waals surface area contributed by atoms with Crippen LogP contribution in [0.5, 0.6) is 0 Å². The number of carbonyl (C=O) groups excluding carboxylic acids is 1. The number of nitrogens with two attached hydrogens (primary N) is 2. The molecule has 0 unspecified atom stereocenters. The second kappa shape index (κ2) is 4.53. The van der Waals surface area contributed by atoms with Crippen molar-refractivity contribution in [2.24, 2.45) is 5.73 Å². The molecule has 0 heterocycles. The van der Waals surface area contributed by atoms with Gasteiger partial charge < -0.3 is 11.5 Å². The highest BCUT2D eigenvalue weighted by atomic mass is 16.1. The van der Waals surface area contributed by atoms with E-state index in [1.54, 1.807) is 13.0 Å². The van der Waals surface area contributed by atoms with Crippen molar-refractivity contribution in [2.45, 2.75) is 13.8 Å². The summed E-state index contributed by atoms with van der Waals surface area (Å²) in [6, 6.07) is 11.7. The number of hydrogen-bond acceptors (Lipinski definition) is 2. The summed E-state index contributed by atoms with van der Waals surface area (Å²) in [5.41, 5.74) is 16.2. The summed E-state index contributed by atoms with van der Waals surface area (Å²) in [6.07, 6.45) is 0. The Morgan fingerprint density at radius 3 is 2.17 bits per heavy atom. The topological polar surface area (TPSA) is 69.1 Å². The van der Waals surface area contributed by atoms with Gasteiger partial charge in [0.25, 0.3) is 0 Å². The molecule has 0 fully saturated rings. The maximum Gasteiger partial charge on any atom is 0.249 e. The number of carbonyl (C=O) groups is 1. The Morgan fingerprint density at radius 2 is 1.61 bits per heavy atom. The molecule has 0 aliphatic carbocycles. The van der Waals surface area contributed by atoms with Crippen molar-refractivity contribution in [3.63, 3.8) is 0 Å². The van der Waals surface area contributed by atoms with E-state index in [2.05, 4.69) is 0 Å². The van der Waals surface area contributed by atoms with Crippen LogP contribution < -0.4 is 11.5 Å². The lowest BCUT2D eigenvalue weighted by Crippen LogP contribution is -2.13. The Balaban J connectivity index is 2.59. The molecule has 1 amide bonds. The highest BCUT2D eigenvalue weighted by Gasteiger charge is 2.10. The summed E-state index contributed by atoms with van der Waals surface area (Å²) >= 11 is 0. The van der Waals surface area contributed by atoms with Crippen molar-refractivity contribution in [1.29, 1.82) is 0 Å². The average Bonchev–Trinajstić information content (AvgIpc) is 2.33. The van der Waals surface area contributed by atoms with Crippen LogP contribution >= 0.6 is 0 Å². The van der Waals surface area contributed by atoms with Crippen molar-refractivity contribution in [2.75, 3.05) is 5.73 Å². The predicted octanol–water partition coefficient (Wildman–Crippen LogP) is 2.65. The van der Waals surface area contributed by atoms with Crippen LogP contribution in [0, 0.1) is 13.8 Å². The third kappa shape index (κ3) is 2.20. The Labute approximate surface area is 106 Å². The minimum Gasteiger partial charge on any atom is -0.398 e. The molecule has 0 saturated carbocycles. The van der Waals surface area contributed by atoms with Gasteiger partial charge in [-0.3, -0.25) is 4.79 Å². The molecule has 0 atom stereocenters. The third-order valence-electron chi connectivity index (χ3n) is 3.10. The van der Waals surface area contributed by atoms with Crippen LogP contribution in [0.3, 0.4) is 0 Å². The summed E-state index contributed by atoms with van der Waals surface area (Å²) < 4.78 is 0. The number of anilines is 1. The average molecular weight is 240 g/mol. The van der Waals surface area contributed by atoms with Gasteiger partial charge in [0.05, 0.1) is 0 Å². The van der Waals surface area contributed by atoms with E-state index >= 15 is 0 Å². The SMILES string of the molecule is Cc1ccc(-c2cc(N)c(C)c(C(N)=O)c2)cc1. The van der Waals surface area contributed by atoms with Gasteiger partial charge in [-0.2, -0.15) is 0 Å². The zero-order chi connectivity index (χ0) is 13.3. The maximum absolute atomic E-state index is 11.4. The molecule has 0 aromatic heterocycles. The van der Waals surface area contributed by atoms with Crippen LogP contribution in [0.2, 0.25) is 0 Å². The number of nitrogen functional groups attached to an aromatic ring is 1. The molecule has 18 heavy (non-hydrogen) atoms. The Hall–Kier alpha value is -2.29. The summed E-state index contributed by atoms with van der Waals surface area (Å²) in [6.45, 7) is 3.83. The maximum atomic E-state index is 11.4. The van der Waals surface area contributed by atoms with Gasteiger partial charge in [-0.25, -0.2) is 0 Å². The molecule has 3 heteroatoms. The lowest BCUT2D eigenvalue weighted by Gasteiger charge is -2.10. The van der Waals surface area contributed by atoms with Crippen LogP contribution in [0.1, 0.15) is 21.5 Å². The van der Waals surface area contributed by atoms with Crippen LogP contribution in [-0.2, 0) is 0 Å². The van der Waals surface area contributed by atoms with Gasteiger partial charge >= 0.3 is 0 Å². The first-order chi connectivity index (χ1) is 8.49. The summed E-state index contributed by atoms with van der Waals surface area (Å²) in [5.74, 6) is -0.451. The summed E-state index contributed by atoms with van der Waals surface area (Å²) in [4.78, 5) is 11.4. The van der Waals surface area contributed by atoms with Gasteiger partial charge in [0, 0.05) is 11.3 Å². The smallest absolute Gasteiger partial charge is 0.249 e. The molecule has 0 aliphatic heterocycles. The first-order valence-corrected chi connectivity index (χ1v) is 5.76. The molecule has 0 radical (unpaired) electrons. The second-order valence-electron chi connectivity index (χ2n) is 4.47. The Kier molecular flexibility index (Phi) is 3.06. The molecule has 3 nitrogen and oxygen atoms in total. The van der Waals surface area contributed by atoms with Crippen LogP contribution in [-0.4, -0.2) is 5.91 Å². The van der Waals surface area contributed by atoms with Crippen molar-refractivity contribution in [1.82, 2.24) is 0 Å². The predicted molar refractivity (Wildman–Crippen MR) is 74.3 cm³/mol. The highest BCUT2D eigenvalue weighted by Crippen LogP contribution is 2.27. The first kappa shape index (κ1) is 12.2. The number of benzene rings is 2. The lowest BCUT2D eigenvalue weighted by atomic mass is 9.97. The van der Waals surface area contributed by atoms with E-state index in [1.165, 1.54) is 5.56 Å². The molecule has 2 aromatic rings. The second-order valence-corrected chi connectivity index (χ2v) is 4.47. The minimum absolute atomic E-state index is 0.451.